The molecule has 12 heavy (non-hydrogen) atoms. The Kier molecular flexibility index (Phi) is 2.42. The minimum absolute atomic E-state index is 0.106. The minimum Gasteiger partial charge on any atom is -0.481 e. The van der Waals surface area contributed by atoms with Gasteiger partial charge in [-0.2, -0.15) is 0 Å². The molecule has 3 atom stereocenters. The van der Waals surface area contributed by atoms with E-state index in [0.717, 1.165) is 6.42 Å². The van der Waals surface area contributed by atoms with Crippen LogP contribution in [0.1, 0.15) is 26.7 Å². The van der Waals surface area contributed by atoms with Gasteiger partial charge in [-0.15, -0.1) is 0 Å². The van der Waals surface area contributed by atoms with Crippen molar-refractivity contribution in [3.63, 3.8) is 0 Å². The van der Waals surface area contributed by atoms with E-state index in [2.05, 4.69) is 13.8 Å². The van der Waals surface area contributed by atoms with Gasteiger partial charge in [0.2, 0.25) is 0 Å². The lowest BCUT2D eigenvalue weighted by Crippen LogP contribution is -2.51. The minimum atomic E-state index is -0.723. The van der Waals surface area contributed by atoms with Crippen molar-refractivity contribution < 1.29 is 9.90 Å². The summed E-state index contributed by atoms with van der Waals surface area (Å²) in [7, 11) is 0. The number of rotatable bonds is 3. The van der Waals surface area contributed by atoms with E-state index in [-0.39, 0.29) is 11.8 Å². The molecule has 3 N–H and O–H groups in total. The molecule has 1 fully saturated rings. The molecule has 70 valence electrons. The fourth-order valence-electron chi connectivity index (χ4n) is 2.32. The molecule has 0 radical (unpaired) electrons. The van der Waals surface area contributed by atoms with Crippen molar-refractivity contribution in [1.82, 2.24) is 0 Å². The van der Waals surface area contributed by atoms with Crippen molar-refractivity contribution in [2.24, 2.45) is 23.0 Å². The SMILES string of the molecule is CC1CC(CN)(CC(=O)O)C1C. The second kappa shape index (κ2) is 3.05. The van der Waals surface area contributed by atoms with E-state index in [4.69, 9.17) is 10.8 Å². The Morgan fingerprint density at radius 1 is 1.67 bits per heavy atom. The van der Waals surface area contributed by atoms with E-state index in [1.54, 1.807) is 0 Å². The second-order valence-electron chi connectivity index (χ2n) is 4.11. The second-order valence-corrected chi connectivity index (χ2v) is 4.11. The van der Waals surface area contributed by atoms with E-state index >= 15 is 0 Å². The number of nitrogens with two attached hydrogens (primary N) is 1. The van der Waals surface area contributed by atoms with Crippen molar-refractivity contribution in [2.45, 2.75) is 26.7 Å². The van der Waals surface area contributed by atoms with Crippen molar-refractivity contribution in [1.29, 1.82) is 0 Å². The monoisotopic (exact) mass is 171 g/mol. The predicted octanol–water partition coefficient (Wildman–Crippen LogP) is 1.08. The number of hydrogen-bond donors (Lipinski definition) is 2. The topological polar surface area (TPSA) is 63.3 Å². The van der Waals surface area contributed by atoms with Crippen LogP contribution in [0.4, 0.5) is 0 Å². The van der Waals surface area contributed by atoms with Crippen molar-refractivity contribution >= 4 is 5.97 Å². The predicted molar refractivity (Wildman–Crippen MR) is 46.7 cm³/mol. The van der Waals surface area contributed by atoms with Crippen LogP contribution in [0.2, 0.25) is 0 Å². The van der Waals surface area contributed by atoms with Crippen LogP contribution in [-0.2, 0) is 4.79 Å². The van der Waals surface area contributed by atoms with Gasteiger partial charge < -0.3 is 10.8 Å². The average Bonchev–Trinajstić information content (AvgIpc) is 2.02. The zero-order valence-corrected chi connectivity index (χ0v) is 7.71. The molecule has 0 amide bonds. The molecule has 3 heteroatoms. The van der Waals surface area contributed by atoms with E-state index < -0.39 is 5.97 Å². The summed E-state index contributed by atoms with van der Waals surface area (Å²) in [5.41, 5.74) is 5.50. The van der Waals surface area contributed by atoms with Gasteiger partial charge in [-0.1, -0.05) is 13.8 Å². The Balaban J connectivity index is 2.60. The fraction of sp³-hybridized carbons (Fsp3) is 0.889. The lowest BCUT2D eigenvalue weighted by Gasteiger charge is -2.52. The Labute approximate surface area is 72.9 Å². The van der Waals surface area contributed by atoms with E-state index in [1.807, 2.05) is 0 Å². The van der Waals surface area contributed by atoms with Crippen molar-refractivity contribution in [3.05, 3.63) is 0 Å². The summed E-state index contributed by atoms with van der Waals surface area (Å²) in [5.74, 6) is 0.366. The van der Waals surface area contributed by atoms with Crippen molar-refractivity contribution in [3.8, 4) is 0 Å². The Bertz CT molecular complexity index is 193. The van der Waals surface area contributed by atoms with Crippen LogP contribution in [0.3, 0.4) is 0 Å². The van der Waals surface area contributed by atoms with Crippen LogP contribution in [-0.4, -0.2) is 17.6 Å². The highest BCUT2D eigenvalue weighted by Gasteiger charge is 2.49. The molecule has 3 nitrogen and oxygen atoms in total. The quantitative estimate of drug-likeness (QED) is 0.668. The largest absolute Gasteiger partial charge is 0.481 e. The van der Waals surface area contributed by atoms with Gasteiger partial charge >= 0.3 is 5.97 Å². The number of aliphatic carboxylic acids is 1. The highest BCUT2D eigenvalue weighted by molar-refractivity contribution is 5.68. The van der Waals surface area contributed by atoms with Gasteiger partial charge in [0.15, 0.2) is 0 Å². The molecule has 1 rings (SSSR count). The summed E-state index contributed by atoms with van der Waals surface area (Å²) in [4.78, 5) is 10.6. The highest BCUT2D eigenvalue weighted by atomic mass is 16.4. The van der Waals surface area contributed by atoms with Gasteiger partial charge in [-0.25, -0.2) is 0 Å². The third-order valence-electron chi connectivity index (χ3n) is 3.46. The number of carbonyl (C=O) groups is 1. The molecule has 1 aliphatic rings. The lowest BCUT2D eigenvalue weighted by atomic mass is 9.53. The highest BCUT2D eigenvalue weighted by Crippen LogP contribution is 2.52. The third-order valence-corrected chi connectivity index (χ3v) is 3.46. The van der Waals surface area contributed by atoms with Gasteiger partial charge in [0.1, 0.15) is 0 Å². The number of carboxylic acid groups (broad SMARTS) is 1. The summed E-state index contributed by atoms with van der Waals surface area (Å²) in [6, 6.07) is 0. The molecule has 0 heterocycles. The van der Waals surface area contributed by atoms with Gasteiger partial charge in [-0.05, 0) is 30.2 Å². The zero-order valence-electron chi connectivity index (χ0n) is 7.71. The fourth-order valence-corrected chi connectivity index (χ4v) is 2.32. The first kappa shape index (κ1) is 9.52. The maximum atomic E-state index is 10.6. The third kappa shape index (κ3) is 1.33. The zero-order chi connectivity index (χ0) is 9.35. The first-order valence-electron chi connectivity index (χ1n) is 4.44. The van der Waals surface area contributed by atoms with Crippen LogP contribution in [0.15, 0.2) is 0 Å². The molecular weight excluding hydrogens is 154 g/mol. The summed E-state index contributed by atoms with van der Waals surface area (Å²) in [5, 5.41) is 8.69. The Morgan fingerprint density at radius 3 is 2.50 bits per heavy atom. The van der Waals surface area contributed by atoms with Crippen LogP contribution in [0.25, 0.3) is 0 Å². The van der Waals surface area contributed by atoms with Crippen LogP contribution in [0, 0.1) is 17.3 Å². The smallest absolute Gasteiger partial charge is 0.303 e. The van der Waals surface area contributed by atoms with Crippen LogP contribution >= 0.6 is 0 Å². The lowest BCUT2D eigenvalue weighted by molar-refractivity contribution is -0.145. The number of carboxylic acids is 1. The molecule has 0 bridgehead atoms. The van der Waals surface area contributed by atoms with Gasteiger partial charge in [0, 0.05) is 0 Å². The maximum Gasteiger partial charge on any atom is 0.303 e. The average molecular weight is 171 g/mol. The molecule has 0 aliphatic heterocycles. The van der Waals surface area contributed by atoms with E-state index in [9.17, 15) is 4.79 Å². The molecular formula is C9H17NO2. The molecule has 3 unspecified atom stereocenters. The van der Waals surface area contributed by atoms with Gasteiger partial charge in [0.25, 0.3) is 0 Å². The molecule has 0 saturated heterocycles. The van der Waals surface area contributed by atoms with Crippen molar-refractivity contribution in [2.75, 3.05) is 6.54 Å². The van der Waals surface area contributed by atoms with Crippen LogP contribution in [0.5, 0.6) is 0 Å². The molecule has 1 aliphatic carbocycles. The normalized spacial score (nSPS) is 40.6. The molecule has 0 aromatic carbocycles. The van der Waals surface area contributed by atoms with Crippen LogP contribution < -0.4 is 5.73 Å². The molecule has 0 spiro atoms. The van der Waals surface area contributed by atoms with E-state index in [0.29, 0.717) is 18.4 Å². The van der Waals surface area contributed by atoms with Gasteiger partial charge in [0.05, 0.1) is 6.42 Å². The summed E-state index contributed by atoms with van der Waals surface area (Å²) >= 11 is 0. The Hall–Kier alpha value is -0.570. The standard InChI is InChI=1S/C9H17NO2/c1-6-3-9(5-10,7(6)2)4-8(11)12/h6-7H,3-5,10H2,1-2H3,(H,11,12). The number of hydrogen-bond acceptors (Lipinski definition) is 2. The molecule has 0 aromatic rings. The first-order valence-corrected chi connectivity index (χ1v) is 4.44. The molecule has 0 aromatic heterocycles. The Morgan fingerprint density at radius 2 is 2.25 bits per heavy atom. The molecule has 1 saturated carbocycles. The maximum absolute atomic E-state index is 10.6. The van der Waals surface area contributed by atoms with E-state index in [1.165, 1.54) is 0 Å². The summed E-state index contributed by atoms with van der Waals surface area (Å²) in [6.45, 7) is 4.76. The first-order chi connectivity index (χ1) is 5.52. The summed E-state index contributed by atoms with van der Waals surface area (Å²) < 4.78 is 0. The summed E-state index contributed by atoms with van der Waals surface area (Å²) in [6.07, 6.45) is 1.20. The van der Waals surface area contributed by atoms with Gasteiger partial charge in [-0.3, -0.25) is 4.79 Å².